The predicted octanol–water partition coefficient (Wildman–Crippen LogP) is 2.18. The molecule has 0 saturated carbocycles. The highest BCUT2D eigenvalue weighted by Gasteiger charge is 2.43. The molecule has 2 atom stereocenters. The van der Waals surface area contributed by atoms with Crippen LogP contribution in [0.2, 0.25) is 0 Å². The minimum absolute atomic E-state index is 0.293. The predicted molar refractivity (Wildman–Crippen MR) is 73.9 cm³/mol. The lowest BCUT2D eigenvalue weighted by Crippen LogP contribution is -2.59. The maximum Gasteiger partial charge on any atom is 0.331 e. The summed E-state index contributed by atoms with van der Waals surface area (Å²) in [5, 5.41) is 2.20. The van der Waals surface area contributed by atoms with Gasteiger partial charge >= 0.3 is 6.03 Å². The number of hydrogen-bond acceptors (Lipinski definition) is 3. The van der Waals surface area contributed by atoms with E-state index in [1.807, 2.05) is 6.92 Å². The molecule has 1 aromatic carbocycles. The van der Waals surface area contributed by atoms with Crippen LogP contribution >= 0.6 is 0 Å². The van der Waals surface area contributed by atoms with Gasteiger partial charge < -0.3 is 0 Å². The van der Waals surface area contributed by atoms with Gasteiger partial charge in [-0.15, -0.1) is 0 Å². The molecule has 5 nitrogen and oxygen atoms in total. The van der Waals surface area contributed by atoms with Crippen LogP contribution in [-0.2, 0) is 9.59 Å². The van der Waals surface area contributed by atoms with Crippen molar-refractivity contribution in [3.8, 4) is 0 Å². The van der Waals surface area contributed by atoms with Gasteiger partial charge in [-0.1, -0.05) is 25.5 Å². The second-order valence-electron chi connectivity index (χ2n) is 5.12. The molecule has 4 amide bonds. The van der Waals surface area contributed by atoms with Crippen LogP contribution in [0.4, 0.5) is 9.18 Å². The van der Waals surface area contributed by atoms with Crippen molar-refractivity contribution < 1.29 is 18.8 Å². The van der Waals surface area contributed by atoms with E-state index in [4.69, 9.17) is 0 Å². The zero-order valence-electron chi connectivity index (χ0n) is 11.9. The van der Waals surface area contributed by atoms with E-state index in [9.17, 15) is 18.8 Å². The SMILES string of the molecule is CCCC(C)N1C(=O)NC(=O)C(c2ccc(F)cc2)C1=O. The van der Waals surface area contributed by atoms with E-state index >= 15 is 0 Å². The molecule has 1 aromatic rings. The Morgan fingerprint density at radius 1 is 1.24 bits per heavy atom. The van der Waals surface area contributed by atoms with Crippen molar-refractivity contribution in [1.29, 1.82) is 0 Å². The molecular formula is C15H17FN2O3. The molecule has 0 spiro atoms. The molecule has 0 radical (unpaired) electrons. The highest BCUT2D eigenvalue weighted by molar-refractivity contribution is 6.19. The molecule has 0 aliphatic carbocycles. The normalized spacial score (nSPS) is 20.4. The molecule has 0 bridgehead atoms. The quantitative estimate of drug-likeness (QED) is 0.865. The van der Waals surface area contributed by atoms with E-state index in [0.717, 1.165) is 11.3 Å². The number of carbonyl (C=O) groups is 3. The lowest BCUT2D eigenvalue weighted by molar-refractivity contribution is -0.140. The van der Waals surface area contributed by atoms with E-state index in [0.29, 0.717) is 12.0 Å². The zero-order valence-corrected chi connectivity index (χ0v) is 11.9. The van der Waals surface area contributed by atoms with Gasteiger partial charge in [0.25, 0.3) is 0 Å². The largest absolute Gasteiger partial charge is 0.331 e. The summed E-state index contributed by atoms with van der Waals surface area (Å²) in [6.45, 7) is 3.71. The van der Waals surface area contributed by atoms with Crippen LogP contribution in [0.25, 0.3) is 0 Å². The van der Waals surface area contributed by atoms with E-state index in [2.05, 4.69) is 5.32 Å². The monoisotopic (exact) mass is 292 g/mol. The fourth-order valence-electron chi connectivity index (χ4n) is 2.50. The van der Waals surface area contributed by atoms with Gasteiger partial charge in [-0.05, 0) is 31.0 Å². The van der Waals surface area contributed by atoms with Crippen molar-refractivity contribution in [3.63, 3.8) is 0 Å². The Hall–Kier alpha value is -2.24. The smallest absolute Gasteiger partial charge is 0.277 e. The fourth-order valence-corrected chi connectivity index (χ4v) is 2.50. The minimum atomic E-state index is -1.11. The summed E-state index contributed by atoms with van der Waals surface area (Å²) in [5.74, 6) is -2.79. The number of barbiturate groups is 1. The molecule has 1 aliphatic rings. The Kier molecular flexibility index (Phi) is 4.35. The molecule has 0 aromatic heterocycles. The Bertz CT molecular complexity index is 571. The van der Waals surface area contributed by atoms with Crippen molar-refractivity contribution in [1.82, 2.24) is 10.2 Å². The van der Waals surface area contributed by atoms with Gasteiger partial charge in [-0.3, -0.25) is 19.8 Å². The summed E-state index contributed by atoms with van der Waals surface area (Å²) in [7, 11) is 0. The number of halogens is 1. The first-order valence-electron chi connectivity index (χ1n) is 6.89. The van der Waals surface area contributed by atoms with E-state index < -0.39 is 29.6 Å². The maximum atomic E-state index is 13.0. The van der Waals surface area contributed by atoms with Gasteiger partial charge in [0, 0.05) is 6.04 Å². The number of urea groups is 1. The van der Waals surface area contributed by atoms with Gasteiger partial charge in [0.1, 0.15) is 11.7 Å². The standard InChI is InChI=1S/C15H17FN2O3/c1-3-4-9(2)18-14(20)12(13(19)17-15(18)21)10-5-7-11(16)8-6-10/h5-9,12H,3-4H2,1-2H3,(H,17,19,21). The Labute approximate surface area is 122 Å². The van der Waals surface area contributed by atoms with Crippen molar-refractivity contribution in [2.75, 3.05) is 0 Å². The summed E-state index contributed by atoms with van der Waals surface area (Å²) < 4.78 is 13.0. The number of benzene rings is 1. The summed E-state index contributed by atoms with van der Waals surface area (Å²) in [6.07, 6.45) is 1.47. The van der Waals surface area contributed by atoms with E-state index in [-0.39, 0.29) is 6.04 Å². The van der Waals surface area contributed by atoms with Crippen molar-refractivity contribution in [3.05, 3.63) is 35.6 Å². The second kappa shape index (κ2) is 6.03. The average molecular weight is 292 g/mol. The maximum absolute atomic E-state index is 13.0. The fraction of sp³-hybridized carbons (Fsp3) is 0.400. The number of nitrogens with zero attached hydrogens (tertiary/aromatic N) is 1. The molecule has 2 unspecified atom stereocenters. The van der Waals surface area contributed by atoms with Gasteiger partial charge in [0.15, 0.2) is 0 Å². The highest BCUT2D eigenvalue weighted by atomic mass is 19.1. The van der Waals surface area contributed by atoms with Gasteiger partial charge in [0.2, 0.25) is 11.8 Å². The summed E-state index contributed by atoms with van der Waals surface area (Å²) in [5.41, 5.74) is 0.375. The second-order valence-corrected chi connectivity index (χ2v) is 5.12. The zero-order chi connectivity index (χ0) is 15.6. The molecule has 21 heavy (non-hydrogen) atoms. The first-order valence-corrected chi connectivity index (χ1v) is 6.89. The number of rotatable bonds is 4. The molecular weight excluding hydrogens is 275 g/mol. The van der Waals surface area contributed by atoms with Gasteiger partial charge in [-0.25, -0.2) is 9.18 Å². The van der Waals surface area contributed by atoms with Gasteiger partial charge in [0.05, 0.1) is 0 Å². The van der Waals surface area contributed by atoms with Crippen molar-refractivity contribution in [2.24, 2.45) is 0 Å². The van der Waals surface area contributed by atoms with E-state index in [1.165, 1.54) is 24.3 Å². The van der Waals surface area contributed by atoms with Crippen molar-refractivity contribution >= 4 is 17.8 Å². The summed E-state index contributed by atoms with van der Waals surface area (Å²) >= 11 is 0. The third kappa shape index (κ3) is 2.94. The highest BCUT2D eigenvalue weighted by Crippen LogP contribution is 2.25. The lowest BCUT2D eigenvalue weighted by Gasteiger charge is -2.34. The number of amides is 4. The third-order valence-electron chi connectivity index (χ3n) is 3.55. The van der Waals surface area contributed by atoms with Crippen LogP contribution in [0.15, 0.2) is 24.3 Å². The number of hydrogen-bond donors (Lipinski definition) is 1. The molecule has 2 rings (SSSR count). The average Bonchev–Trinajstić information content (AvgIpc) is 2.40. The van der Waals surface area contributed by atoms with Crippen molar-refractivity contribution in [2.45, 2.75) is 38.6 Å². The van der Waals surface area contributed by atoms with Crippen LogP contribution in [0.5, 0.6) is 0 Å². The topological polar surface area (TPSA) is 66.5 Å². The third-order valence-corrected chi connectivity index (χ3v) is 3.55. The summed E-state index contributed by atoms with van der Waals surface area (Å²) in [4.78, 5) is 37.4. The number of nitrogens with one attached hydrogen (secondary N) is 1. The Balaban J connectivity index is 2.32. The molecule has 112 valence electrons. The van der Waals surface area contributed by atoms with Crippen LogP contribution in [0, 0.1) is 5.82 Å². The van der Waals surface area contributed by atoms with Crippen LogP contribution in [-0.4, -0.2) is 28.8 Å². The minimum Gasteiger partial charge on any atom is -0.277 e. The first kappa shape index (κ1) is 15.2. The first-order chi connectivity index (χ1) is 9.95. The molecule has 1 aliphatic heterocycles. The number of imide groups is 2. The van der Waals surface area contributed by atoms with Crippen LogP contribution < -0.4 is 5.32 Å². The van der Waals surface area contributed by atoms with Crippen LogP contribution in [0.3, 0.4) is 0 Å². The molecule has 1 saturated heterocycles. The molecule has 6 heteroatoms. The molecule has 1 heterocycles. The Morgan fingerprint density at radius 3 is 2.43 bits per heavy atom. The molecule has 1 N–H and O–H groups in total. The number of carbonyl (C=O) groups excluding carboxylic acids is 3. The Morgan fingerprint density at radius 2 is 1.86 bits per heavy atom. The van der Waals surface area contributed by atoms with Crippen LogP contribution in [0.1, 0.15) is 38.2 Å². The van der Waals surface area contributed by atoms with E-state index in [1.54, 1.807) is 6.92 Å². The molecule has 1 fully saturated rings. The van der Waals surface area contributed by atoms with Gasteiger partial charge in [-0.2, -0.15) is 0 Å². The summed E-state index contributed by atoms with van der Waals surface area (Å²) in [6, 6.07) is 4.16. The lowest BCUT2D eigenvalue weighted by atomic mass is 9.94.